The van der Waals surface area contributed by atoms with Crippen LogP contribution >= 0.6 is 0 Å². The molecule has 11 heteroatoms. The van der Waals surface area contributed by atoms with Crippen LogP contribution in [0.5, 0.6) is 0 Å². The molecule has 0 unspecified atom stereocenters. The fourth-order valence-electron chi connectivity index (χ4n) is 4.14. The standard InChI is InChI=1S/C26H24FN9O/c1-15(2)35(4)25(32-28-3)22-6-5-7-23(29-22)36-14-18-9-8-16(12-20(18)26(36)37)19-13-17(10-11-21(19)27)24-30-33-34-31-24/h5-13,15H,3,14H2,1-2,4H3,(H,30,31,33,34)/b32-25-. The van der Waals surface area contributed by atoms with Crippen molar-refractivity contribution in [3.05, 3.63) is 77.2 Å². The molecule has 2 aromatic carbocycles. The van der Waals surface area contributed by atoms with Crippen LogP contribution in [0.2, 0.25) is 0 Å². The fraction of sp³-hybridized carbons (Fsp3) is 0.192. The summed E-state index contributed by atoms with van der Waals surface area (Å²) >= 11 is 0. The number of hydrogen-bond donors (Lipinski definition) is 1. The van der Waals surface area contributed by atoms with Gasteiger partial charge in [0.25, 0.3) is 5.91 Å². The van der Waals surface area contributed by atoms with Gasteiger partial charge in [0.05, 0.1) is 6.54 Å². The van der Waals surface area contributed by atoms with E-state index in [2.05, 4.69) is 37.5 Å². The normalized spacial score (nSPS) is 13.3. The van der Waals surface area contributed by atoms with Crippen LogP contribution in [0.15, 0.2) is 64.8 Å². The average molecular weight is 498 g/mol. The van der Waals surface area contributed by atoms with Gasteiger partial charge in [0.2, 0.25) is 5.82 Å². The highest BCUT2D eigenvalue weighted by Gasteiger charge is 2.30. The smallest absolute Gasteiger partial charge is 0.260 e. The van der Waals surface area contributed by atoms with Crippen molar-refractivity contribution in [3.63, 3.8) is 0 Å². The first-order chi connectivity index (χ1) is 17.9. The Morgan fingerprint density at radius 2 is 1.92 bits per heavy atom. The molecule has 10 nitrogen and oxygen atoms in total. The molecule has 0 fully saturated rings. The number of hydrogen-bond acceptors (Lipinski definition) is 7. The lowest BCUT2D eigenvalue weighted by atomic mass is 9.98. The summed E-state index contributed by atoms with van der Waals surface area (Å²) in [6, 6.07) is 15.5. The predicted octanol–water partition coefficient (Wildman–Crippen LogP) is 3.93. The first-order valence-corrected chi connectivity index (χ1v) is 11.6. The minimum Gasteiger partial charge on any atom is -0.354 e. The summed E-state index contributed by atoms with van der Waals surface area (Å²) in [5.74, 6) is 0.762. The van der Waals surface area contributed by atoms with Gasteiger partial charge >= 0.3 is 0 Å². The Labute approximate surface area is 212 Å². The third-order valence-corrected chi connectivity index (χ3v) is 6.31. The highest BCUT2D eigenvalue weighted by molar-refractivity contribution is 6.10. The number of fused-ring (bicyclic) bond motifs is 1. The first kappa shape index (κ1) is 23.9. The molecule has 0 saturated carbocycles. The van der Waals surface area contributed by atoms with Crippen molar-refractivity contribution in [2.24, 2.45) is 10.2 Å². The molecule has 0 aliphatic carbocycles. The maximum absolute atomic E-state index is 14.8. The third-order valence-electron chi connectivity index (χ3n) is 6.31. The van der Waals surface area contributed by atoms with E-state index in [4.69, 9.17) is 4.98 Å². The summed E-state index contributed by atoms with van der Waals surface area (Å²) in [7, 11) is 1.90. The number of aromatic nitrogens is 5. The van der Waals surface area contributed by atoms with E-state index < -0.39 is 5.82 Å². The molecular formula is C26H24FN9O. The van der Waals surface area contributed by atoms with Crippen molar-refractivity contribution in [1.29, 1.82) is 0 Å². The summed E-state index contributed by atoms with van der Waals surface area (Å²) in [5, 5.41) is 21.7. The number of H-pyrrole nitrogens is 1. The van der Waals surface area contributed by atoms with Gasteiger partial charge in [0.15, 0.2) is 5.84 Å². The van der Waals surface area contributed by atoms with Gasteiger partial charge in [0, 0.05) is 36.5 Å². The van der Waals surface area contributed by atoms with E-state index in [0.29, 0.717) is 52.0 Å². The number of tetrazole rings is 1. The number of nitrogens with one attached hydrogen (secondary N) is 1. The third kappa shape index (κ3) is 4.46. The lowest BCUT2D eigenvalue weighted by molar-refractivity contribution is 0.0996. The van der Waals surface area contributed by atoms with Crippen LogP contribution in [-0.2, 0) is 6.54 Å². The van der Waals surface area contributed by atoms with Crippen LogP contribution in [0.4, 0.5) is 10.2 Å². The first-order valence-electron chi connectivity index (χ1n) is 11.6. The zero-order valence-corrected chi connectivity index (χ0v) is 20.6. The Hall–Kier alpha value is -4.80. The molecule has 0 saturated heterocycles. The van der Waals surface area contributed by atoms with Gasteiger partial charge < -0.3 is 4.90 Å². The summed E-state index contributed by atoms with van der Waals surface area (Å²) in [4.78, 5) is 21.7. The molecule has 186 valence electrons. The number of nitrogens with zero attached hydrogens (tertiary/aromatic N) is 8. The van der Waals surface area contributed by atoms with Crippen LogP contribution in [-0.4, -0.2) is 62.1 Å². The summed E-state index contributed by atoms with van der Waals surface area (Å²) in [5.41, 5.74) is 3.42. The van der Waals surface area contributed by atoms with E-state index in [1.54, 1.807) is 35.2 Å². The molecule has 4 aromatic rings. The van der Waals surface area contributed by atoms with Crippen molar-refractivity contribution in [2.45, 2.75) is 26.4 Å². The fourth-order valence-corrected chi connectivity index (χ4v) is 4.14. The van der Waals surface area contributed by atoms with E-state index in [1.165, 1.54) is 6.07 Å². The Kier molecular flexibility index (Phi) is 6.26. The Balaban J connectivity index is 1.47. The largest absolute Gasteiger partial charge is 0.354 e. The van der Waals surface area contributed by atoms with Crippen LogP contribution in [0, 0.1) is 5.82 Å². The number of aromatic amines is 1. The zero-order chi connectivity index (χ0) is 26.1. The minimum absolute atomic E-state index is 0.154. The van der Waals surface area contributed by atoms with Gasteiger partial charge in [-0.3, -0.25) is 9.69 Å². The van der Waals surface area contributed by atoms with Gasteiger partial charge in [-0.1, -0.05) is 18.2 Å². The maximum Gasteiger partial charge on any atom is 0.260 e. The van der Waals surface area contributed by atoms with E-state index in [1.807, 2.05) is 44.0 Å². The molecule has 5 rings (SSSR count). The number of benzene rings is 2. The van der Waals surface area contributed by atoms with E-state index in [0.717, 1.165) is 5.56 Å². The van der Waals surface area contributed by atoms with E-state index in [-0.39, 0.29) is 11.9 Å². The number of halogens is 1. The van der Waals surface area contributed by atoms with Gasteiger partial charge in [-0.05, 0) is 66.6 Å². The van der Waals surface area contributed by atoms with Crippen LogP contribution in [0.25, 0.3) is 22.5 Å². The molecule has 0 spiro atoms. The molecule has 0 bridgehead atoms. The van der Waals surface area contributed by atoms with Crippen molar-refractivity contribution in [1.82, 2.24) is 30.5 Å². The number of carbonyl (C=O) groups excluding carboxylic acids is 1. The number of amides is 1. The van der Waals surface area contributed by atoms with Crippen LogP contribution < -0.4 is 4.90 Å². The predicted molar refractivity (Wildman–Crippen MR) is 139 cm³/mol. The minimum atomic E-state index is -0.416. The van der Waals surface area contributed by atoms with E-state index >= 15 is 0 Å². The molecular weight excluding hydrogens is 473 g/mol. The van der Waals surface area contributed by atoms with Crippen molar-refractivity contribution < 1.29 is 9.18 Å². The average Bonchev–Trinajstić information content (AvgIpc) is 3.56. The molecule has 1 aliphatic heterocycles. The molecule has 2 aromatic heterocycles. The molecule has 37 heavy (non-hydrogen) atoms. The SMILES string of the molecule is C=N/N=C(/c1cccc(N2Cc3ccc(-c4cc(-c5nn[nH]n5)ccc4F)cc3C2=O)n1)N(C)C(C)C. The van der Waals surface area contributed by atoms with Gasteiger partial charge in [-0.25, -0.2) is 9.37 Å². The van der Waals surface area contributed by atoms with Gasteiger partial charge in [-0.2, -0.15) is 10.3 Å². The van der Waals surface area contributed by atoms with Crippen LogP contribution in [0.3, 0.4) is 0 Å². The molecule has 0 atom stereocenters. The van der Waals surface area contributed by atoms with Crippen LogP contribution in [0.1, 0.15) is 35.5 Å². The number of carbonyl (C=O) groups is 1. The highest BCUT2D eigenvalue weighted by atomic mass is 19.1. The Morgan fingerprint density at radius 3 is 2.65 bits per heavy atom. The zero-order valence-electron chi connectivity index (χ0n) is 20.6. The maximum atomic E-state index is 14.8. The summed E-state index contributed by atoms with van der Waals surface area (Å²) in [6.45, 7) is 7.88. The quantitative estimate of drug-likeness (QED) is 0.245. The highest BCUT2D eigenvalue weighted by Crippen LogP contribution is 2.33. The Morgan fingerprint density at radius 1 is 1.14 bits per heavy atom. The summed E-state index contributed by atoms with van der Waals surface area (Å²) < 4.78 is 14.8. The van der Waals surface area contributed by atoms with Crippen molar-refractivity contribution >= 4 is 24.3 Å². The summed E-state index contributed by atoms with van der Waals surface area (Å²) in [6.07, 6.45) is 0. The molecule has 3 heterocycles. The lowest BCUT2D eigenvalue weighted by Gasteiger charge is -2.24. The Bertz CT molecular complexity index is 1510. The molecule has 1 amide bonds. The van der Waals surface area contributed by atoms with E-state index in [9.17, 15) is 9.18 Å². The molecule has 0 radical (unpaired) electrons. The number of anilines is 1. The van der Waals surface area contributed by atoms with Gasteiger partial charge in [-0.15, -0.1) is 15.3 Å². The van der Waals surface area contributed by atoms with Gasteiger partial charge in [0.1, 0.15) is 17.3 Å². The second kappa shape index (κ2) is 9.69. The number of pyridine rings is 1. The second-order valence-electron chi connectivity index (χ2n) is 8.84. The number of amidine groups is 1. The number of rotatable bonds is 6. The monoisotopic (exact) mass is 497 g/mol. The molecule has 1 N–H and O–H groups in total. The lowest BCUT2D eigenvalue weighted by Crippen LogP contribution is -2.34. The topological polar surface area (TPSA) is 116 Å². The molecule has 1 aliphatic rings. The van der Waals surface area contributed by atoms with Crippen molar-refractivity contribution in [3.8, 4) is 22.5 Å². The second-order valence-corrected chi connectivity index (χ2v) is 8.84. The van der Waals surface area contributed by atoms with Crippen molar-refractivity contribution in [2.75, 3.05) is 11.9 Å².